The summed E-state index contributed by atoms with van der Waals surface area (Å²) in [6.07, 6.45) is 3.50. The Labute approximate surface area is 112 Å². The number of hydrogen-bond acceptors (Lipinski definition) is 2. The Balaban J connectivity index is 2.21. The van der Waals surface area contributed by atoms with Gasteiger partial charge in [-0.25, -0.2) is 0 Å². The molecule has 19 heavy (non-hydrogen) atoms. The quantitative estimate of drug-likeness (QED) is 0.660. The molecule has 0 saturated heterocycles. The molecular weight excluding hydrogens is 232 g/mol. The van der Waals surface area contributed by atoms with E-state index >= 15 is 0 Å². The van der Waals surface area contributed by atoms with Crippen molar-refractivity contribution in [3.05, 3.63) is 47.7 Å². The number of rotatable bonds is 1. The second-order valence-electron chi connectivity index (χ2n) is 5.20. The van der Waals surface area contributed by atoms with Crippen LogP contribution in [0.4, 0.5) is 5.69 Å². The fourth-order valence-corrected chi connectivity index (χ4v) is 3.28. The number of fused-ring (bicyclic) bond motifs is 4. The van der Waals surface area contributed by atoms with Gasteiger partial charge in [-0.05, 0) is 30.2 Å². The van der Waals surface area contributed by atoms with Gasteiger partial charge in [-0.1, -0.05) is 36.4 Å². The van der Waals surface area contributed by atoms with Gasteiger partial charge in [0.2, 0.25) is 0 Å². The van der Waals surface area contributed by atoms with Gasteiger partial charge in [0.25, 0.3) is 0 Å². The lowest BCUT2D eigenvalue weighted by molar-refractivity contribution is 0.901. The summed E-state index contributed by atoms with van der Waals surface area (Å²) in [5.74, 6) is 0. The third-order valence-corrected chi connectivity index (χ3v) is 4.16. The molecule has 2 aromatic carbocycles. The number of aromatic nitrogens is 1. The van der Waals surface area contributed by atoms with Gasteiger partial charge in [0.15, 0.2) is 0 Å². The lowest BCUT2D eigenvalue weighted by atomic mass is 10.0. The van der Waals surface area contributed by atoms with Crippen molar-refractivity contribution in [2.45, 2.75) is 19.3 Å². The first-order valence-corrected chi connectivity index (χ1v) is 6.89. The van der Waals surface area contributed by atoms with E-state index in [0.717, 1.165) is 18.4 Å². The first-order chi connectivity index (χ1) is 9.38. The molecule has 1 N–H and O–H groups in total. The predicted molar refractivity (Wildman–Crippen MR) is 80.8 cm³/mol. The van der Waals surface area contributed by atoms with Crippen molar-refractivity contribution in [3.8, 4) is 0 Å². The van der Waals surface area contributed by atoms with Gasteiger partial charge in [0.1, 0.15) is 0 Å². The lowest BCUT2D eigenvalue weighted by Crippen LogP contribution is -1.99. The minimum Gasteiger partial charge on any atom is -0.387 e. The number of aryl methyl sites for hydroxylation is 1. The lowest BCUT2D eigenvalue weighted by Gasteiger charge is -2.13. The summed E-state index contributed by atoms with van der Waals surface area (Å²) in [4.78, 5) is 4.95. The first kappa shape index (κ1) is 10.8. The zero-order valence-corrected chi connectivity index (χ0v) is 11.0. The maximum Gasteiger partial charge on any atom is 0.0804 e. The maximum atomic E-state index is 4.95. The molecule has 0 fully saturated rings. The number of benzene rings is 2. The van der Waals surface area contributed by atoms with Crippen LogP contribution in [0.25, 0.3) is 21.7 Å². The van der Waals surface area contributed by atoms with Crippen molar-refractivity contribution < 1.29 is 0 Å². The van der Waals surface area contributed by atoms with Crippen molar-refractivity contribution in [2.24, 2.45) is 0 Å². The Morgan fingerprint density at radius 2 is 1.89 bits per heavy atom. The Morgan fingerprint density at radius 3 is 2.79 bits per heavy atom. The summed E-state index contributed by atoms with van der Waals surface area (Å²) >= 11 is 0. The van der Waals surface area contributed by atoms with Crippen LogP contribution in [0.3, 0.4) is 0 Å². The molecule has 4 rings (SSSR count). The molecule has 1 aliphatic rings. The van der Waals surface area contributed by atoms with E-state index in [1.807, 2.05) is 7.05 Å². The topological polar surface area (TPSA) is 24.9 Å². The molecule has 3 aromatic rings. The van der Waals surface area contributed by atoms with Crippen molar-refractivity contribution in [1.82, 2.24) is 4.98 Å². The van der Waals surface area contributed by atoms with Crippen LogP contribution >= 0.6 is 0 Å². The summed E-state index contributed by atoms with van der Waals surface area (Å²) in [5, 5.41) is 7.17. The molecule has 2 heteroatoms. The Hall–Kier alpha value is -2.09. The van der Waals surface area contributed by atoms with Gasteiger partial charge in [-0.3, -0.25) is 4.98 Å². The number of hydrogen-bond donors (Lipinski definition) is 1. The first-order valence-electron chi connectivity index (χ1n) is 6.89. The highest BCUT2D eigenvalue weighted by Crippen LogP contribution is 2.36. The minimum absolute atomic E-state index is 1.11. The zero-order chi connectivity index (χ0) is 12.8. The van der Waals surface area contributed by atoms with Crippen molar-refractivity contribution in [2.75, 3.05) is 12.4 Å². The number of pyridine rings is 1. The molecule has 0 amide bonds. The molecule has 0 bridgehead atoms. The number of nitrogens with one attached hydrogen (secondary N) is 1. The monoisotopic (exact) mass is 248 g/mol. The van der Waals surface area contributed by atoms with Gasteiger partial charge >= 0.3 is 0 Å². The molecule has 0 unspecified atom stereocenters. The van der Waals surface area contributed by atoms with Crippen LogP contribution in [-0.2, 0) is 12.8 Å². The Bertz CT molecular complexity index is 790. The molecule has 1 aliphatic carbocycles. The highest BCUT2D eigenvalue weighted by atomic mass is 14.9. The maximum absolute atomic E-state index is 4.95. The molecule has 0 aliphatic heterocycles. The van der Waals surface area contributed by atoms with E-state index in [-0.39, 0.29) is 0 Å². The summed E-state index contributed by atoms with van der Waals surface area (Å²) in [5.41, 5.74) is 5.13. The van der Waals surface area contributed by atoms with Crippen molar-refractivity contribution in [1.29, 1.82) is 0 Å². The average molecular weight is 248 g/mol. The van der Waals surface area contributed by atoms with Crippen LogP contribution in [-0.4, -0.2) is 12.0 Å². The second-order valence-corrected chi connectivity index (χ2v) is 5.20. The van der Waals surface area contributed by atoms with E-state index in [9.17, 15) is 0 Å². The SMILES string of the molecule is CNc1c2c(nc3c1ccc1ccccc13)CCC2. The van der Waals surface area contributed by atoms with Crippen LogP contribution in [0, 0.1) is 0 Å². The predicted octanol–water partition coefficient (Wildman–Crippen LogP) is 3.92. The highest BCUT2D eigenvalue weighted by Gasteiger charge is 2.19. The molecule has 0 saturated carbocycles. The fraction of sp³-hybridized carbons (Fsp3) is 0.235. The molecule has 0 atom stereocenters. The highest BCUT2D eigenvalue weighted by molar-refractivity contribution is 6.09. The number of anilines is 1. The third-order valence-electron chi connectivity index (χ3n) is 4.16. The summed E-state index contributed by atoms with van der Waals surface area (Å²) in [7, 11) is 2.02. The smallest absolute Gasteiger partial charge is 0.0804 e. The van der Waals surface area contributed by atoms with Gasteiger partial charge in [-0.15, -0.1) is 0 Å². The van der Waals surface area contributed by atoms with E-state index < -0.39 is 0 Å². The molecular formula is C17H16N2. The van der Waals surface area contributed by atoms with Crippen molar-refractivity contribution >= 4 is 27.4 Å². The normalized spacial score (nSPS) is 13.9. The van der Waals surface area contributed by atoms with E-state index in [1.165, 1.54) is 39.5 Å². The van der Waals surface area contributed by atoms with E-state index in [4.69, 9.17) is 4.98 Å². The fourth-order valence-electron chi connectivity index (χ4n) is 3.28. The van der Waals surface area contributed by atoms with Crippen LogP contribution in [0.2, 0.25) is 0 Å². The van der Waals surface area contributed by atoms with Crippen LogP contribution < -0.4 is 5.32 Å². The second kappa shape index (κ2) is 3.95. The molecule has 94 valence electrons. The summed E-state index contributed by atoms with van der Waals surface area (Å²) in [6, 6.07) is 12.9. The van der Waals surface area contributed by atoms with Crippen LogP contribution in [0.1, 0.15) is 17.7 Å². The summed E-state index contributed by atoms with van der Waals surface area (Å²) in [6.45, 7) is 0. The Kier molecular flexibility index (Phi) is 2.25. The third kappa shape index (κ3) is 1.46. The standard InChI is InChI=1S/C17H16N2/c1-18-16-13-7-4-8-15(13)19-17-12-6-3-2-5-11(12)9-10-14(16)17/h2-3,5-6,9-10H,4,7-8H2,1H3,(H,18,19). The average Bonchev–Trinajstić information content (AvgIpc) is 2.92. The Morgan fingerprint density at radius 1 is 1.00 bits per heavy atom. The largest absolute Gasteiger partial charge is 0.387 e. The number of nitrogens with zero attached hydrogens (tertiary/aromatic N) is 1. The summed E-state index contributed by atoms with van der Waals surface area (Å²) < 4.78 is 0. The molecule has 1 aromatic heterocycles. The molecule has 2 nitrogen and oxygen atoms in total. The van der Waals surface area contributed by atoms with Crippen LogP contribution in [0.5, 0.6) is 0 Å². The zero-order valence-electron chi connectivity index (χ0n) is 11.0. The van der Waals surface area contributed by atoms with Gasteiger partial charge < -0.3 is 5.32 Å². The van der Waals surface area contributed by atoms with Gasteiger partial charge in [-0.2, -0.15) is 0 Å². The molecule has 0 radical (unpaired) electrons. The molecule has 1 heterocycles. The van der Waals surface area contributed by atoms with Gasteiger partial charge in [0.05, 0.1) is 5.52 Å². The van der Waals surface area contributed by atoms with E-state index in [1.54, 1.807) is 0 Å². The van der Waals surface area contributed by atoms with Crippen molar-refractivity contribution in [3.63, 3.8) is 0 Å². The minimum atomic E-state index is 1.11. The molecule has 0 spiro atoms. The van der Waals surface area contributed by atoms with Crippen LogP contribution in [0.15, 0.2) is 36.4 Å². The van der Waals surface area contributed by atoms with Gasteiger partial charge in [0, 0.05) is 29.2 Å². The van der Waals surface area contributed by atoms with E-state index in [2.05, 4.69) is 41.7 Å². The van der Waals surface area contributed by atoms with E-state index in [0.29, 0.717) is 0 Å².